The molecule has 5 heteroatoms. The van der Waals surface area contributed by atoms with Gasteiger partial charge in [0, 0.05) is 24.3 Å². The molecule has 0 radical (unpaired) electrons. The van der Waals surface area contributed by atoms with E-state index in [1.807, 2.05) is 25.1 Å². The van der Waals surface area contributed by atoms with Crippen molar-refractivity contribution in [3.8, 4) is 6.07 Å². The first kappa shape index (κ1) is 16.0. The smallest absolute Gasteiger partial charge is 0.198 e. The van der Waals surface area contributed by atoms with Crippen molar-refractivity contribution in [2.45, 2.75) is 19.9 Å². The molecule has 0 fully saturated rings. The van der Waals surface area contributed by atoms with E-state index in [4.69, 9.17) is 5.26 Å². The molecule has 0 aromatic heterocycles. The number of anilines is 1. The normalized spacial score (nSPS) is 13.5. The Morgan fingerprint density at radius 2 is 2.17 bits per heavy atom. The van der Waals surface area contributed by atoms with Crippen LogP contribution in [0.1, 0.15) is 23.6 Å². The number of nitrogens with zero attached hydrogens (tertiary/aromatic N) is 3. The average Bonchev–Trinajstić information content (AvgIpc) is 3.04. The first-order valence-electron chi connectivity index (χ1n) is 8.05. The molecule has 0 bridgehead atoms. The molecule has 3 rings (SSSR count). The van der Waals surface area contributed by atoms with Crippen molar-refractivity contribution >= 4 is 11.6 Å². The lowest BCUT2D eigenvalue weighted by Gasteiger charge is -2.22. The van der Waals surface area contributed by atoms with Crippen molar-refractivity contribution in [2.75, 3.05) is 18.0 Å². The zero-order valence-electron chi connectivity index (χ0n) is 13.6. The van der Waals surface area contributed by atoms with Crippen LogP contribution in [0.3, 0.4) is 0 Å². The van der Waals surface area contributed by atoms with E-state index in [9.17, 15) is 4.39 Å². The van der Waals surface area contributed by atoms with Gasteiger partial charge in [-0.05, 0) is 43.2 Å². The van der Waals surface area contributed by atoms with Gasteiger partial charge < -0.3 is 10.2 Å². The zero-order chi connectivity index (χ0) is 16.9. The molecular weight excluding hydrogens is 303 g/mol. The van der Waals surface area contributed by atoms with Crippen molar-refractivity contribution in [1.29, 1.82) is 5.26 Å². The molecule has 0 atom stereocenters. The predicted octanol–water partition coefficient (Wildman–Crippen LogP) is 3.23. The lowest BCUT2D eigenvalue weighted by molar-refractivity contribution is 0.610. The first-order chi connectivity index (χ1) is 11.7. The minimum Gasteiger partial charge on any atom is -0.356 e. The molecular formula is C19H19FN4. The molecule has 1 aliphatic rings. The minimum atomic E-state index is -0.338. The van der Waals surface area contributed by atoms with E-state index in [1.54, 1.807) is 6.07 Å². The Kier molecular flexibility index (Phi) is 4.76. The summed E-state index contributed by atoms with van der Waals surface area (Å²) in [6.07, 6.45) is 0.971. The van der Waals surface area contributed by atoms with Crippen LogP contribution >= 0.6 is 0 Å². The van der Waals surface area contributed by atoms with Gasteiger partial charge in [0.15, 0.2) is 5.96 Å². The summed E-state index contributed by atoms with van der Waals surface area (Å²) in [5.74, 6) is 0.402. The molecule has 1 aliphatic heterocycles. The summed E-state index contributed by atoms with van der Waals surface area (Å²) in [5.41, 5.74) is 3.30. The van der Waals surface area contributed by atoms with Crippen molar-refractivity contribution in [1.82, 2.24) is 5.32 Å². The fraction of sp³-hybridized carbons (Fsp3) is 0.263. The van der Waals surface area contributed by atoms with Crippen LogP contribution in [0.4, 0.5) is 10.1 Å². The maximum atomic E-state index is 13.9. The Hall–Kier alpha value is -2.87. The Morgan fingerprint density at radius 3 is 2.96 bits per heavy atom. The van der Waals surface area contributed by atoms with Gasteiger partial charge in [-0.2, -0.15) is 5.26 Å². The van der Waals surface area contributed by atoms with Crippen molar-refractivity contribution in [3.63, 3.8) is 0 Å². The number of nitriles is 1. The second-order valence-corrected chi connectivity index (χ2v) is 5.62. The fourth-order valence-corrected chi connectivity index (χ4v) is 2.88. The van der Waals surface area contributed by atoms with Gasteiger partial charge >= 0.3 is 0 Å². The molecule has 0 spiro atoms. The van der Waals surface area contributed by atoms with Crippen LogP contribution in [0.25, 0.3) is 0 Å². The summed E-state index contributed by atoms with van der Waals surface area (Å²) in [6, 6.07) is 14.6. The van der Waals surface area contributed by atoms with Crippen molar-refractivity contribution in [2.24, 2.45) is 4.99 Å². The van der Waals surface area contributed by atoms with E-state index < -0.39 is 0 Å². The summed E-state index contributed by atoms with van der Waals surface area (Å²) in [4.78, 5) is 6.71. The molecule has 2 aromatic rings. The van der Waals surface area contributed by atoms with Crippen LogP contribution < -0.4 is 10.2 Å². The van der Waals surface area contributed by atoms with Gasteiger partial charge in [-0.25, -0.2) is 9.38 Å². The topological polar surface area (TPSA) is 51.4 Å². The quantitative estimate of drug-likeness (QED) is 0.697. The van der Waals surface area contributed by atoms with Crippen molar-refractivity contribution in [3.05, 3.63) is 65.0 Å². The van der Waals surface area contributed by atoms with Gasteiger partial charge in [0.25, 0.3) is 0 Å². The molecule has 0 saturated heterocycles. The zero-order valence-corrected chi connectivity index (χ0v) is 13.6. The number of aliphatic imine (C=N–C) groups is 1. The summed E-state index contributed by atoms with van der Waals surface area (Å²) in [5, 5.41) is 12.2. The highest BCUT2D eigenvalue weighted by atomic mass is 19.1. The predicted molar refractivity (Wildman–Crippen MR) is 93.4 cm³/mol. The highest BCUT2D eigenvalue weighted by Crippen LogP contribution is 2.27. The molecule has 24 heavy (non-hydrogen) atoms. The van der Waals surface area contributed by atoms with Crippen LogP contribution in [0.15, 0.2) is 47.5 Å². The van der Waals surface area contributed by atoms with Crippen LogP contribution in [-0.2, 0) is 13.0 Å². The van der Waals surface area contributed by atoms with E-state index in [-0.39, 0.29) is 12.4 Å². The monoisotopic (exact) mass is 322 g/mol. The van der Waals surface area contributed by atoms with Gasteiger partial charge in [-0.15, -0.1) is 0 Å². The van der Waals surface area contributed by atoms with Crippen LogP contribution in [0.2, 0.25) is 0 Å². The molecule has 1 heterocycles. The van der Waals surface area contributed by atoms with E-state index in [0.717, 1.165) is 31.2 Å². The lowest BCUT2D eigenvalue weighted by atomic mass is 10.1. The van der Waals surface area contributed by atoms with Crippen LogP contribution in [-0.4, -0.2) is 19.0 Å². The third-order valence-electron chi connectivity index (χ3n) is 4.05. The number of halogens is 1. The van der Waals surface area contributed by atoms with Crippen LogP contribution in [0, 0.1) is 17.1 Å². The van der Waals surface area contributed by atoms with E-state index in [1.165, 1.54) is 17.7 Å². The van der Waals surface area contributed by atoms with Gasteiger partial charge in [0.2, 0.25) is 0 Å². The summed E-state index contributed by atoms with van der Waals surface area (Å²) in [7, 11) is 0. The SMILES string of the molecule is CCNC(=NCc1cc(C#N)ccc1F)N1CCc2ccccc21. The van der Waals surface area contributed by atoms with E-state index >= 15 is 0 Å². The van der Waals surface area contributed by atoms with Crippen LogP contribution in [0.5, 0.6) is 0 Å². The number of rotatable bonds is 3. The maximum absolute atomic E-state index is 13.9. The molecule has 1 N–H and O–H groups in total. The Labute approximate surface area is 141 Å². The van der Waals surface area contributed by atoms with E-state index in [0.29, 0.717) is 11.1 Å². The van der Waals surface area contributed by atoms with Crippen molar-refractivity contribution < 1.29 is 4.39 Å². The maximum Gasteiger partial charge on any atom is 0.198 e. The highest BCUT2D eigenvalue weighted by molar-refractivity contribution is 5.97. The van der Waals surface area contributed by atoms with Gasteiger partial charge in [0.05, 0.1) is 18.2 Å². The molecule has 0 amide bonds. The number of guanidine groups is 1. The number of benzene rings is 2. The number of fused-ring (bicyclic) bond motifs is 1. The molecule has 2 aromatic carbocycles. The average molecular weight is 322 g/mol. The van der Waals surface area contributed by atoms with E-state index in [2.05, 4.69) is 27.3 Å². The third-order valence-corrected chi connectivity index (χ3v) is 4.05. The molecule has 4 nitrogen and oxygen atoms in total. The summed E-state index contributed by atoms with van der Waals surface area (Å²) in [6.45, 7) is 3.79. The van der Waals surface area contributed by atoms with Gasteiger partial charge in [-0.1, -0.05) is 18.2 Å². The van der Waals surface area contributed by atoms with Gasteiger partial charge in [0.1, 0.15) is 5.82 Å². The van der Waals surface area contributed by atoms with Gasteiger partial charge in [-0.3, -0.25) is 0 Å². The Bertz CT molecular complexity index is 807. The second kappa shape index (κ2) is 7.14. The largest absolute Gasteiger partial charge is 0.356 e. The second-order valence-electron chi connectivity index (χ2n) is 5.62. The summed E-state index contributed by atoms with van der Waals surface area (Å²) >= 11 is 0. The lowest BCUT2D eigenvalue weighted by Crippen LogP contribution is -2.40. The Morgan fingerprint density at radius 1 is 1.33 bits per heavy atom. The minimum absolute atomic E-state index is 0.197. The third kappa shape index (κ3) is 3.23. The number of nitrogens with one attached hydrogen (secondary N) is 1. The molecule has 0 unspecified atom stereocenters. The fourth-order valence-electron chi connectivity index (χ4n) is 2.88. The Balaban J connectivity index is 1.87. The first-order valence-corrected chi connectivity index (χ1v) is 8.05. The molecule has 0 saturated carbocycles. The molecule has 0 aliphatic carbocycles. The highest BCUT2D eigenvalue weighted by Gasteiger charge is 2.22. The number of hydrogen-bond donors (Lipinski definition) is 1. The number of para-hydroxylation sites is 1. The standard InChI is InChI=1S/C19H19FN4/c1-2-22-19(24-10-9-15-5-3-4-6-18(15)24)23-13-16-11-14(12-21)7-8-17(16)20/h3-8,11H,2,9-10,13H2,1H3,(H,22,23). The number of hydrogen-bond acceptors (Lipinski definition) is 2. The molecule has 122 valence electrons. The summed E-state index contributed by atoms with van der Waals surface area (Å²) < 4.78 is 13.9.